The van der Waals surface area contributed by atoms with E-state index in [-0.39, 0.29) is 30.1 Å². The van der Waals surface area contributed by atoms with Crippen LogP contribution in [0.1, 0.15) is 17.1 Å². The number of furan rings is 1. The number of benzene rings is 1. The number of aromatic nitrogens is 5. The highest BCUT2D eigenvalue weighted by molar-refractivity contribution is 6.31. The average molecular weight is 409 g/mol. The number of nitrogens with zero attached hydrogens (tertiary/aromatic N) is 5. The predicted octanol–water partition coefficient (Wildman–Crippen LogP) is 4.15. The summed E-state index contributed by atoms with van der Waals surface area (Å²) in [4.78, 5) is 7.21. The first-order valence-corrected chi connectivity index (χ1v) is 8.47. The van der Waals surface area contributed by atoms with Crippen LogP contribution in [0.4, 0.5) is 19.0 Å². The first kappa shape index (κ1) is 18.2. The number of rotatable bonds is 5. The Morgan fingerprint density at radius 2 is 1.93 bits per heavy atom. The Morgan fingerprint density at radius 3 is 2.64 bits per heavy atom. The number of anilines is 1. The summed E-state index contributed by atoms with van der Waals surface area (Å²) in [5.41, 5.74) is 0.740. The third-order valence-electron chi connectivity index (χ3n) is 3.90. The second-order valence-corrected chi connectivity index (χ2v) is 6.24. The van der Waals surface area contributed by atoms with Gasteiger partial charge in [-0.05, 0) is 23.8 Å². The Kier molecular flexibility index (Phi) is 4.63. The minimum atomic E-state index is -4.73. The summed E-state index contributed by atoms with van der Waals surface area (Å²) >= 11 is 6.14. The van der Waals surface area contributed by atoms with E-state index in [4.69, 9.17) is 16.0 Å². The van der Waals surface area contributed by atoms with Crippen LogP contribution in [0.3, 0.4) is 0 Å². The lowest BCUT2D eigenvalue weighted by Gasteiger charge is -2.10. The van der Waals surface area contributed by atoms with E-state index in [1.54, 1.807) is 36.4 Å². The summed E-state index contributed by atoms with van der Waals surface area (Å²) in [6.07, 6.45) is -3.26. The molecule has 0 amide bonds. The zero-order valence-corrected chi connectivity index (χ0v) is 14.9. The van der Waals surface area contributed by atoms with Crippen LogP contribution >= 0.6 is 11.6 Å². The Morgan fingerprint density at radius 1 is 1.11 bits per heavy atom. The van der Waals surface area contributed by atoms with Crippen molar-refractivity contribution in [3.63, 3.8) is 0 Å². The van der Waals surface area contributed by atoms with Crippen molar-refractivity contribution in [2.24, 2.45) is 0 Å². The van der Waals surface area contributed by atoms with Crippen molar-refractivity contribution in [2.45, 2.75) is 19.3 Å². The second kappa shape index (κ2) is 7.12. The zero-order chi connectivity index (χ0) is 19.7. The molecule has 0 aliphatic carbocycles. The largest absolute Gasteiger partial charge is 0.467 e. The smallest absolute Gasteiger partial charge is 0.451 e. The molecular weight excluding hydrogens is 397 g/mol. The van der Waals surface area contributed by atoms with Gasteiger partial charge < -0.3 is 9.73 Å². The van der Waals surface area contributed by atoms with E-state index in [1.807, 2.05) is 0 Å². The van der Waals surface area contributed by atoms with Gasteiger partial charge in [0, 0.05) is 5.02 Å². The number of halogens is 4. The van der Waals surface area contributed by atoms with Crippen molar-refractivity contribution >= 4 is 28.6 Å². The van der Waals surface area contributed by atoms with Crippen LogP contribution in [0.15, 0.2) is 47.1 Å². The molecule has 0 unspecified atom stereocenters. The van der Waals surface area contributed by atoms with Crippen LogP contribution in [-0.2, 0) is 19.3 Å². The van der Waals surface area contributed by atoms with Crippen LogP contribution < -0.4 is 5.32 Å². The third kappa shape index (κ3) is 3.63. The minimum absolute atomic E-state index is 0.0517. The molecule has 4 rings (SSSR count). The van der Waals surface area contributed by atoms with Crippen molar-refractivity contribution in [2.75, 3.05) is 5.32 Å². The molecular formula is C17H12ClF3N6O. The van der Waals surface area contributed by atoms with Crippen molar-refractivity contribution in [3.8, 4) is 0 Å². The standard InChI is InChI=1S/C17H12ClF3N6O/c18-12-6-2-1-4-10(12)9-27-15-13(25-26-27)14(22-8-11-5-3-7-28-11)23-16(24-15)17(19,20)21/h1-7H,8-9H2,(H,22,23,24). The van der Waals surface area contributed by atoms with E-state index in [2.05, 4.69) is 25.6 Å². The molecule has 0 spiro atoms. The molecule has 0 saturated carbocycles. The molecule has 1 N–H and O–H groups in total. The van der Waals surface area contributed by atoms with Gasteiger partial charge in [-0.2, -0.15) is 13.2 Å². The fourth-order valence-corrected chi connectivity index (χ4v) is 2.78. The van der Waals surface area contributed by atoms with Crippen LogP contribution in [-0.4, -0.2) is 25.0 Å². The van der Waals surface area contributed by atoms with E-state index >= 15 is 0 Å². The van der Waals surface area contributed by atoms with Crippen LogP contribution in [0.5, 0.6) is 0 Å². The van der Waals surface area contributed by atoms with Gasteiger partial charge in [-0.1, -0.05) is 35.0 Å². The molecule has 3 heterocycles. The monoisotopic (exact) mass is 408 g/mol. The Labute approximate surface area is 161 Å². The predicted molar refractivity (Wildman–Crippen MR) is 94.7 cm³/mol. The molecule has 11 heteroatoms. The molecule has 4 aromatic rings. The SMILES string of the molecule is FC(F)(F)c1nc(NCc2ccco2)c2nnn(Cc3ccccc3Cl)c2n1. The van der Waals surface area contributed by atoms with E-state index in [9.17, 15) is 13.2 Å². The molecule has 28 heavy (non-hydrogen) atoms. The maximum Gasteiger partial charge on any atom is 0.451 e. The molecule has 144 valence electrons. The van der Waals surface area contributed by atoms with Gasteiger partial charge in [-0.3, -0.25) is 0 Å². The lowest BCUT2D eigenvalue weighted by Crippen LogP contribution is -2.15. The highest BCUT2D eigenvalue weighted by Crippen LogP contribution is 2.30. The van der Waals surface area contributed by atoms with Gasteiger partial charge in [0.1, 0.15) is 5.76 Å². The number of nitrogens with one attached hydrogen (secondary N) is 1. The molecule has 0 fully saturated rings. The number of hydrogen-bond donors (Lipinski definition) is 1. The fourth-order valence-electron chi connectivity index (χ4n) is 2.58. The lowest BCUT2D eigenvalue weighted by atomic mass is 10.2. The molecule has 0 atom stereocenters. The molecule has 0 bridgehead atoms. The molecule has 0 aliphatic rings. The van der Waals surface area contributed by atoms with Crippen LogP contribution in [0.2, 0.25) is 5.02 Å². The highest BCUT2D eigenvalue weighted by Gasteiger charge is 2.36. The van der Waals surface area contributed by atoms with E-state index in [0.717, 1.165) is 0 Å². The average Bonchev–Trinajstić information content (AvgIpc) is 3.31. The van der Waals surface area contributed by atoms with Gasteiger partial charge in [0.25, 0.3) is 0 Å². The Hall–Kier alpha value is -3.14. The highest BCUT2D eigenvalue weighted by atomic mass is 35.5. The molecule has 7 nitrogen and oxygen atoms in total. The minimum Gasteiger partial charge on any atom is -0.467 e. The van der Waals surface area contributed by atoms with Gasteiger partial charge >= 0.3 is 6.18 Å². The van der Waals surface area contributed by atoms with Crippen molar-refractivity contribution < 1.29 is 17.6 Å². The number of hydrogen-bond acceptors (Lipinski definition) is 6. The summed E-state index contributed by atoms with van der Waals surface area (Å²) in [7, 11) is 0. The van der Waals surface area contributed by atoms with E-state index < -0.39 is 12.0 Å². The summed E-state index contributed by atoms with van der Waals surface area (Å²) in [5, 5.41) is 11.2. The number of fused-ring (bicyclic) bond motifs is 1. The van der Waals surface area contributed by atoms with Crippen molar-refractivity contribution in [1.82, 2.24) is 25.0 Å². The zero-order valence-electron chi connectivity index (χ0n) is 14.1. The van der Waals surface area contributed by atoms with Gasteiger partial charge in [0.15, 0.2) is 17.0 Å². The molecule has 1 aromatic carbocycles. The first-order chi connectivity index (χ1) is 13.4. The van der Waals surface area contributed by atoms with Crippen LogP contribution in [0, 0.1) is 0 Å². The van der Waals surface area contributed by atoms with Crippen molar-refractivity contribution in [3.05, 3.63) is 64.8 Å². The van der Waals surface area contributed by atoms with Crippen LogP contribution in [0.25, 0.3) is 11.2 Å². The molecule has 0 radical (unpaired) electrons. The number of alkyl halides is 3. The molecule has 3 aromatic heterocycles. The lowest BCUT2D eigenvalue weighted by molar-refractivity contribution is -0.144. The Bertz CT molecular complexity index is 1110. The quantitative estimate of drug-likeness (QED) is 0.534. The topological polar surface area (TPSA) is 81.7 Å². The maximum atomic E-state index is 13.3. The van der Waals surface area contributed by atoms with Gasteiger partial charge in [0.05, 0.1) is 19.4 Å². The van der Waals surface area contributed by atoms with Gasteiger partial charge in [-0.15, -0.1) is 5.10 Å². The van der Waals surface area contributed by atoms with Gasteiger partial charge in [-0.25, -0.2) is 14.6 Å². The Balaban J connectivity index is 1.76. The van der Waals surface area contributed by atoms with Gasteiger partial charge in [0.2, 0.25) is 5.82 Å². The second-order valence-electron chi connectivity index (χ2n) is 5.84. The third-order valence-corrected chi connectivity index (χ3v) is 4.27. The molecule has 0 saturated heterocycles. The maximum absolute atomic E-state index is 13.3. The molecule has 0 aliphatic heterocycles. The van der Waals surface area contributed by atoms with E-state index in [1.165, 1.54) is 10.9 Å². The first-order valence-electron chi connectivity index (χ1n) is 8.10. The summed E-state index contributed by atoms with van der Waals surface area (Å²) < 4.78 is 46.3. The van der Waals surface area contributed by atoms with Crippen molar-refractivity contribution in [1.29, 1.82) is 0 Å². The summed E-state index contributed by atoms with van der Waals surface area (Å²) in [6.45, 7) is 0.246. The fraction of sp³-hybridized carbons (Fsp3) is 0.176. The summed E-state index contributed by atoms with van der Waals surface area (Å²) in [5.74, 6) is -0.840. The normalized spacial score (nSPS) is 11.9. The summed E-state index contributed by atoms with van der Waals surface area (Å²) in [6, 6.07) is 10.3. The van der Waals surface area contributed by atoms with E-state index in [0.29, 0.717) is 16.3 Å².